The van der Waals surface area contributed by atoms with E-state index in [1.165, 1.54) is 77.0 Å². The monoisotopic (exact) mass is 381 g/mol. The van der Waals surface area contributed by atoms with Crippen LogP contribution in [-0.2, 0) is 14.3 Å². The van der Waals surface area contributed by atoms with Crippen LogP contribution < -0.4 is 0 Å². The Bertz CT molecular complexity index is 308. The van der Waals surface area contributed by atoms with Crippen molar-refractivity contribution in [3.8, 4) is 0 Å². The number of aliphatic hydroxyl groups excluding tert-OH is 1. The first kappa shape index (κ1) is 28.0. The van der Waals surface area contributed by atoms with Crippen LogP contribution in [0.2, 0.25) is 0 Å². The van der Waals surface area contributed by atoms with Gasteiger partial charge in [-0.1, -0.05) is 96.8 Å². The summed E-state index contributed by atoms with van der Waals surface area (Å²) in [5.41, 5.74) is 0. The van der Waals surface area contributed by atoms with Gasteiger partial charge in [0.1, 0.15) is 6.61 Å². The van der Waals surface area contributed by atoms with Crippen molar-refractivity contribution in [2.45, 2.75) is 110 Å². The maximum atomic E-state index is 11.2. The van der Waals surface area contributed by atoms with Crippen LogP contribution in [0.1, 0.15) is 110 Å². The molecule has 0 rings (SSSR count). The maximum Gasteiger partial charge on any atom is 0.339 e. The van der Waals surface area contributed by atoms with E-state index in [0.29, 0.717) is 0 Å². The Morgan fingerprint density at radius 1 is 0.640 bits per heavy atom. The van der Waals surface area contributed by atoms with Gasteiger partial charge in [0.25, 0.3) is 0 Å². The van der Waals surface area contributed by atoms with E-state index in [4.69, 9.17) is 5.11 Å². The number of hydrogen-bond acceptors (Lipinski definition) is 4. The fourth-order valence-corrected chi connectivity index (χ4v) is 2.85. The van der Waals surface area contributed by atoms with Gasteiger partial charge in [-0.05, 0) is 6.42 Å². The smallest absolute Gasteiger partial charge is 0.339 e. The molecule has 0 aliphatic carbocycles. The van der Waals surface area contributed by atoms with E-state index in [1.807, 2.05) is 0 Å². The summed E-state index contributed by atoms with van der Waals surface area (Å²) in [5.74, 6) is -1.38. The normalized spacial score (nSPS) is 10.3. The molecular weight excluding hydrogens is 343 g/mol. The van der Waals surface area contributed by atoms with Gasteiger partial charge in [-0.2, -0.15) is 0 Å². The van der Waals surface area contributed by atoms with E-state index >= 15 is 0 Å². The van der Waals surface area contributed by atoms with Gasteiger partial charge in [-0.15, -0.1) is 0 Å². The molecule has 0 unspecified atom stereocenters. The van der Waals surface area contributed by atoms with E-state index in [-0.39, 0.29) is 57.8 Å². The number of hydrogen-bond donors (Lipinski definition) is 1. The van der Waals surface area contributed by atoms with Crippen molar-refractivity contribution in [2.24, 2.45) is 0 Å². The van der Waals surface area contributed by atoms with Crippen molar-refractivity contribution in [3.05, 3.63) is 0 Å². The predicted molar refractivity (Wildman–Crippen MR) is 103 cm³/mol. The topological polar surface area (TPSA) is 63.6 Å². The second-order valence-corrected chi connectivity index (χ2v) is 6.70. The fourth-order valence-electron chi connectivity index (χ4n) is 2.85. The summed E-state index contributed by atoms with van der Waals surface area (Å²) in [5, 5.41) is 8.46. The van der Waals surface area contributed by atoms with Gasteiger partial charge in [0.05, 0.1) is 0 Å². The average Bonchev–Trinajstić information content (AvgIpc) is 2.58. The van der Waals surface area contributed by atoms with E-state index in [0.717, 1.165) is 19.3 Å². The number of rotatable bonds is 17. The molecule has 0 aliphatic rings. The quantitative estimate of drug-likeness (QED) is 0.168. The molecule has 1 radical (unpaired) electrons. The third-order valence-electron chi connectivity index (χ3n) is 4.34. The van der Waals surface area contributed by atoms with Crippen molar-refractivity contribution >= 4 is 63.3 Å². The molecule has 0 aromatic carbocycles. The minimum Gasteiger partial charge on any atom is -0.391 e. The van der Waals surface area contributed by atoms with Crippen LogP contribution in [0.25, 0.3) is 0 Å². The Kier molecular flexibility index (Phi) is 25.5. The molecule has 0 aliphatic heterocycles. The first-order valence-electron chi connectivity index (χ1n) is 10.0. The number of esters is 2. The molecular formula is C20H38KO4. The summed E-state index contributed by atoms with van der Waals surface area (Å²) >= 11 is 0. The zero-order chi connectivity index (χ0) is 17.9. The Labute approximate surface area is 197 Å². The van der Waals surface area contributed by atoms with E-state index in [1.54, 1.807) is 0 Å². The van der Waals surface area contributed by atoms with Crippen LogP contribution in [0.4, 0.5) is 0 Å². The van der Waals surface area contributed by atoms with Crippen LogP contribution in [0.3, 0.4) is 0 Å². The van der Waals surface area contributed by atoms with Crippen molar-refractivity contribution in [1.29, 1.82) is 0 Å². The molecule has 0 fully saturated rings. The number of unbranched alkanes of at least 4 members (excludes halogenated alkanes) is 14. The molecule has 1 N–H and O–H groups in total. The third kappa shape index (κ3) is 22.7. The molecule has 0 amide bonds. The van der Waals surface area contributed by atoms with Crippen LogP contribution >= 0.6 is 0 Å². The van der Waals surface area contributed by atoms with Crippen LogP contribution in [0.15, 0.2) is 0 Å². The second-order valence-electron chi connectivity index (χ2n) is 6.70. The SMILES string of the molecule is CCCCCCCCCCCCCCCCCC(=O)OC(=O)CO.[K]. The molecule has 0 heterocycles. The molecule has 0 spiro atoms. The van der Waals surface area contributed by atoms with Crippen molar-refractivity contribution in [1.82, 2.24) is 0 Å². The molecule has 0 bridgehead atoms. The molecule has 0 saturated carbocycles. The zero-order valence-corrected chi connectivity index (χ0v) is 19.8. The number of carbonyl (C=O) groups excluding carboxylic acids is 2. The van der Waals surface area contributed by atoms with E-state index < -0.39 is 18.5 Å². The van der Waals surface area contributed by atoms with Gasteiger partial charge in [0.2, 0.25) is 0 Å². The third-order valence-corrected chi connectivity index (χ3v) is 4.34. The zero-order valence-electron chi connectivity index (χ0n) is 16.7. The summed E-state index contributed by atoms with van der Waals surface area (Å²) in [7, 11) is 0. The summed E-state index contributed by atoms with van der Waals surface area (Å²) < 4.78 is 4.39. The van der Waals surface area contributed by atoms with Crippen LogP contribution in [-0.4, -0.2) is 75.0 Å². The first-order valence-corrected chi connectivity index (χ1v) is 10.0. The van der Waals surface area contributed by atoms with Crippen LogP contribution in [0, 0.1) is 0 Å². The maximum absolute atomic E-state index is 11.2. The Balaban J connectivity index is 0. The molecule has 0 aromatic rings. The summed E-state index contributed by atoms with van der Waals surface area (Å²) in [4.78, 5) is 21.9. The van der Waals surface area contributed by atoms with Gasteiger partial charge in [0.15, 0.2) is 0 Å². The average molecular weight is 382 g/mol. The van der Waals surface area contributed by atoms with Gasteiger partial charge >= 0.3 is 11.9 Å². The predicted octanol–water partition coefficient (Wildman–Crippen LogP) is 4.93. The summed E-state index contributed by atoms with van der Waals surface area (Å²) in [6.45, 7) is 1.53. The minimum atomic E-state index is -0.860. The van der Waals surface area contributed by atoms with Crippen molar-refractivity contribution in [3.63, 3.8) is 0 Å². The summed E-state index contributed by atoms with van der Waals surface area (Å²) in [6, 6.07) is 0. The Morgan fingerprint density at radius 3 is 1.36 bits per heavy atom. The molecule has 4 nitrogen and oxygen atoms in total. The van der Waals surface area contributed by atoms with Gasteiger partial charge < -0.3 is 9.84 Å². The van der Waals surface area contributed by atoms with E-state index in [2.05, 4.69) is 11.7 Å². The van der Waals surface area contributed by atoms with E-state index in [9.17, 15) is 9.59 Å². The molecule has 0 aromatic heterocycles. The van der Waals surface area contributed by atoms with Crippen LogP contribution in [0.5, 0.6) is 0 Å². The van der Waals surface area contributed by atoms with Crippen molar-refractivity contribution in [2.75, 3.05) is 6.61 Å². The number of carbonyl (C=O) groups is 2. The standard InChI is InChI=1S/C20H38O4.K/c1-2-3-4-5-6-7-8-9-10-11-12-13-14-15-16-17-19(22)24-20(23)18-21;/h21H,2-18H2,1H3;. The molecule has 143 valence electrons. The largest absolute Gasteiger partial charge is 0.391 e. The Hall–Kier alpha value is 0.736. The molecule has 0 saturated heterocycles. The number of ether oxygens (including phenoxy) is 1. The second kappa shape index (κ2) is 22.8. The van der Waals surface area contributed by atoms with Gasteiger partial charge in [-0.3, -0.25) is 4.79 Å². The minimum absolute atomic E-state index is 0. The Morgan fingerprint density at radius 2 is 1.00 bits per heavy atom. The first-order chi connectivity index (χ1) is 11.7. The molecule has 0 atom stereocenters. The van der Waals surface area contributed by atoms with Gasteiger partial charge in [-0.25, -0.2) is 4.79 Å². The molecule has 5 heteroatoms. The fraction of sp³-hybridized carbons (Fsp3) is 0.900. The summed E-state index contributed by atoms with van der Waals surface area (Å²) in [6.07, 6.45) is 19.5. The molecule has 25 heavy (non-hydrogen) atoms. The number of aliphatic hydroxyl groups is 1. The van der Waals surface area contributed by atoms with Gasteiger partial charge in [0, 0.05) is 57.8 Å². The van der Waals surface area contributed by atoms with Crippen molar-refractivity contribution < 1.29 is 19.4 Å².